The van der Waals surface area contributed by atoms with Crippen LogP contribution in [0.25, 0.3) is 0 Å². The molecule has 0 aliphatic rings. The molecular formula is C16H21FN2S. The minimum Gasteiger partial charge on any atom is -0.312 e. The molecule has 1 aromatic heterocycles. The average Bonchev–Trinajstić information content (AvgIpc) is 2.84. The van der Waals surface area contributed by atoms with Crippen LogP contribution in [0.4, 0.5) is 4.39 Å². The van der Waals surface area contributed by atoms with E-state index in [1.54, 1.807) is 11.3 Å². The van der Waals surface area contributed by atoms with Crippen molar-refractivity contribution in [1.29, 1.82) is 0 Å². The number of thiazole rings is 1. The van der Waals surface area contributed by atoms with Gasteiger partial charge < -0.3 is 5.32 Å². The van der Waals surface area contributed by atoms with Gasteiger partial charge in [-0.05, 0) is 37.1 Å². The third-order valence-corrected chi connectivity index (χ3v) is 4.24. The normalized spacial score (nSPS) is 10.9. The Kier molecular flexibility index (Phi) is 5.68. The molecule has 20 heavy (non-hydrogen) atoms. The van der Waals surface area contributed by atoms with Crippen LogP contribution in [0, 0.1) is 5.82 Å². The molecule has 1 N–H and O–H groups in total. The van der Waals surface area contributed by atoms with Crippen molar-refractivity contribution in [3.8, 4) is 0 Å². The first kappa shape index (κ1) is 15.1. The Morgan fingerprint density at radius 2 is 1.95 bits per heavy atom. The van der Waals surface area contributed by atoms with Gasteiger partial charge >= 0.3 is 0 Å². The minimum absolute atomic E-state index is 0.188. The number of halogens is 1. The molecule has 0 radical (unpaired) electrons. The standard InChI is InChI=1S/C16H21FN2S/c1-3-9-18-11-15-14(4-2)19-16(20-15)10-12-5-7-13(17)8-6-12/h5-8,18H,3-4,9-11H2,1-2H3. The lowest BCUT2D eigenvalue weighted by Crippen LogP contribution is -2.13. The lowest BCUT2D eigenvalue weighted by atomic mass is 10.1. The van der Waals surface area contributed by atoms with Gasteiger partial charge in [-0.1, -0.05) is 26.0 Å². The second-order valence-corrected chi connectivity index (χ2v) is 5.98. The molecular weight excluding hydrogens is 271 g/mol. The molecule has 0 saturated heterocycles. The monoisotopic (exact) mass is 292 g/mol. The topological polar surface area (TPSA) is 24.9 Å². The van der Waals surface area contributed by atoms with E-state index in [9.17, 15) is 4.39 Å². The van der Waals surface area contributed by atoms with E-state index in [2.05, 4.69) is 19.2 Å². The van der Waals surface area contributed by atoms with Gasteiger partial charge in [-0.25, -0.2) is 9.37 Å². The van der Waals surface area contributed by atoms with E-state index in [0.717, 1.165) is 42.9 Å². The van der Waals surface area contributed by atoms with Gasteiger partial charge in [0, 0.05) is 17.8 Å². The third kappa shape index (κ3) is 4.12. The maximum atomic E-state index is 12.9. The summed E-state index contributed by atoms with van der Waals surface area (Å²) in [5.74, 6) is -0.188. The second kappa shape index (κ2) is 7.50. The van der Waals surface area contributed by atoms with Crippen molar-refractivity contribution in [2.24, 2.45) is 0 Å². The molecule has 0 aliphatic heterocycles. The van der Waals surface area contributed by atoms with Gasteiger partial charge in [0.05, 0.1) is 10.7 Å². The quantitative estimate of drug-likeness (QED) is 0.782. The van der Waals surface area contributed by atoms with Crippen LogP contribution in [0.1, 0.15) is 41.4 Å². The van der Waals surface area contributed by atoms with Crippen LogP contribution >= 0.6 is 11.3 Å². The highest BCUT2D eigenvalue weighted by molar-refractivity contribution is 7.11. The van der Waals surface area contributed by atoms with Gasteiger partial charge in [0.25, 0.3) is 0 Å². The van der Waals surface area contributed by atoms with E-state index < -0.39 is 0 Å². The molecule has 0 fully saturated rings. The number of benzene rings is 1. The van der Waals surface area contributed by atoms with Crippen LogP contribution in [0.5, 0.6) is 0 Å². The maximum Gasteiger partial charge on any atom is 0.123 e. The van der Waals surface area contributed by atoms with Gasteiger partial charge in [-0.15, -0.1) is 11.3 Å². The number of hydrogen-bond donors (Lipinski definition) is 1. The first-order chi connectivity index (χ1) is 9.72. The molecule has 2 rings (SSSR count). The molecule has 0 amide bonds. The second-order valence-electron chi connectivity index (χ2n) is 4.81. The zero-order chi connectivity index (χ0) is 14.4. The first-order valence-corrected chi connectivity index (χ1v) is 7.97. The largest absolute Gasteiger partial charge is 0.312 e. The van der Waals surface area contributed by atoms with Crippen LogP contribution < -0.4 is 5.32 Å². The number of nitrogens with one attached hydrogen (secondary N) is 1. The summed E-state index contributed by atoms with van der Waals surface area (Å²) in [6.45, 7) is 6.24. The van der Waals surface area contributed by atoms with E-state index in [1.165, 1.54) is 22.7 Å². The summed E-state index contributed by atoms with van der Waals surface area (Å²) in [6.07, 6.45) is 2.89. The van der Waals surface area contributed by atoms with Gasteiger partial charge in [-0.3, -0.25) is 0 Å². The average molecular weight is 292 g/mol. The van der Waals surface area contributed by atoms with Crippen LogP contribution in [0.15, 0.2) is 24.3 Å². The van der Waals surface area contributed by atoms with Crippen LogP contribution in [-0.2, 0) is 19.4 Å². The minimum atomic E-state index is -0.188. The van der Waals surface area contributed by atoms with Crippen molar-refractivity contribution >= 4 is 11.3 Å². The zero-order valence-corrected chi connectivity index (χ0v) is 12.9. The highest BCUT2D eigenvalue weighted by Crippen LogP contribution is 2.22. The zero-order valence-electron chi connectivity index (χ0n) is 12.1. The lowest BCUT2D eigenvalue weighted by molar-refractivity contribution is 0.627. The summed E-state index contributed by atoms with van der Waals surface area (Å²) in [5, 5.41) is 4.54. The third-order valence-electron chi connectivity index (χ3n) is 3.14. The fourth-order valence-corrected chi connectivity index (χ4v) is 3.24. The number of hydrogen-bond acceptors (Lipinski definition) is 3. The van der Waals surface area contributed by atoms with E-state index >= 15 is 0 Å². The van der Waals surface area contributed by atoms with Crippen LogP contribution in [-0.4, -0.2) is 11.5 Å². The maximum absolute atomic E-state index is 12.9. The van der Waals surface area contributed by atoms with Gasteiger partial charge in [0.1, 0.15) is 5.82 Å². The highest BCUT2D eigenvalue weighted by Gasteiger charge is 2.10. The Morgan fingerprint density at radius 1 is 1.20 bits per heavy atom. The fourth-order valence-electron chi connectivity index (χ4n) is 2.08. The molecule has 1 heterocycles. The molecule has 0 atom stereocenters. The summed E-state index contributed by atoms with van der Waals surface area (Å²) >= 11 is 1.77. The Bertz CT molecular complexity index is 534. The number of nitrogens with zero attached hydrogens (tertiary/aromatic N) is 1. The Hall–Kier alpha value is -1.26. The molecule has 0 saturated carbocycles. The smallest absolute Gasteiger partial charge is 0.123 e. The summed E-state index contributed by atoms with van der Waals surface area (Å²) in [6, 6.07) is 6.68. The number of aryl methyl sites for hydroxylation is 1. The molecule has 108 valence electrons. The van der Waals surface area contributed by atoms with E-state index in [0.29, 0.717) is 0 Å². The SMILES string of the molecule is CCCNCc1sc(Cc2ccc(F)cc2)nc1CC. The van der Waals surface area contributed by atoms with Crippen LogP contribution in [0.3, 0.4) is 0 Å². The molecule has 2 aromatic rings. The summed E-state index contributed by atoms with van der Waals surface area (Å²) in [5.41, 5.74) is 2.30. The molecule has 0 unspecified atom stereocenters. The van der Waals surface area contributed by atoms with E-state index in [1.807, 2.05) is 12.1 Å². The lowest BCUT2D eigenvalue weighted by Gasteiger charge is -2.01. The highest BCUT2D eigenvalue weighted by atomic mass is 32.1. The predicted octanol–water partition coefficient (Wildman–Crippen LogP) is 3.94. The summed E-state index contributed by atoms with van der Waals surface area (Å²) < 4.78 is 12.9. The van der Waals surface area contributed by atoms with Crippen molar-refractivity contribution in [1.82, 2.24) is 10.3 Å². The van der Waals surface area contributed by atoms with Gasteiger partial charge in [0.15, 0.2) is 0 Å². The molecule has 4 heteroatoms. The van der Waals surface area contributed by atoms with Gasteiger partial charge in [0.2, 0.25) is 0 Å². The van der Waals surface area contributed by atoms with Crippen molar-refractivity contribution in [2.75, 3.05) is 6.54 Å². The molecule has 0 spiro atoms. The number of rotatable bonds is 7. The molecule has 0 aliphatic carbocycles. The molecule has 1 aromatic carbocycles. The number of aromatic nitrogens is 1. The Morgan fingerprint density at radius 3 is 2.60 bits per heavy atom. The summed E-state index contributed by atoms with van der Waals surface area (Å²) in [4.78, 5) is 6.04. The fraction of sp³-hybridized carbons (Fsp3) is 0.438. The van der Waals surface area contributed by atoms with Crippen molar-refractivity contribution in [2.45, 2.75) is 39.7 Å². The first-order valence-electron chi connectivity index (χ1n) is 7.15. The van der Waals surface area contributed by atoms with Crippen LogP contribution in [0.2, 0.25) is 0 Å². The van der Waals surface area contributed by atoms with Crippen molar-refractivity contribution in [3.05, 3.63) is 51.2 Å². The van der Waals surface area contributed by atoms with Gasteiger partial charge in [-0.2, -0.15) is 0 Å². The molecule has 2 nitrogen and oxygen atoms in total. The van der Waals surface area contributed by atoms with Crippen molar-refractivity contribution < 1.29 is 4.39 Å². The Balaban J connectivity index is 2.06. The molecule has 0 bridgehead atoms. The van der Waals surface area contributed by atoms with E-state index in [-0.39, 0.29) is 5.82 Å². The Labute approximate surface area is 124 Å². The predicted molar refractivity (Wildman–Crippen MR) is 82.7 cm³/mol. The van der Waals surface area contributed by atoms with Crippen molar-refractivity contribution in [3.63, 3.8) is 0 Å². The van der Waals surface area contributed by atoms with E-state index in [4.69, 9.17) is 4.98 Å². The summed E-state index contributed by atoms with van der Waals surface area (Å²) in [7, 11) is 0.